The first-order chi connectivity index (χ1) is 16.8. The Balaban J connectivity index is 1.63. The Bertz CT molecular complexity index is 1260. The van der Waals surface area contributed by atoms with E-state index in [1.54, 1.807) is 24.3 Å². The van der Waals surface area contributed by atoms with Crippen LogP contribution in [0, 0.1) is 19.8 Å². The highest BCUT2D eigenvalue weighted by molar-refractivity contribution is 6.01. The number of furan rings is 1. The molecule has 0 N–H and O–H groups in total. The highest BCUT2D eigenvalue weighted by atomic mass is 16.5. The van der Waals surface area contributed by atoms with Crippen molar-refractivity contribution in [3.63, 3.8) is 0 Å². The molecule has 1 amide bonds. The summed E-state index contributed by atoms with van der Waals surface area (Å²) in [7, 11) is 1.64. The number of carbonyl (C=O) groups excluding carboxylic acids is 2. The van der Waals surface area contributed by atoms with Crippen LogP contribution in [0.5, 0.6) is 5.75 Å². The van der Waals surface area contributed by atoms with Crippen LogP contribution in [0.25, 0.3) is 27.7 Å². The summed E-state index contributed by atoms with van der Waals surface area (Å²) in [5.41, 5.74) is 6.64. The molecule has 1 aliphatic rings. The Morgan fingerprint density at radius 1 is 1.14 bits per heavy atom. The van der Waals surface area contributed by atoms with Gasteiger partial charge in [0.25, 0.3) is 0 Å². The molecule has 0 spiro atoms. The third-order valence-corrected chi connectivity index (χ3v) is 6.80. The van der Waals surface area contributed by atoms with Gasteiger partial charge in [0.05, 0.1) is 25.9 Å². The van der Waals surface area contributed by atoms with Gasteiger partial charge in [0.15, 0.2) is 0 Å². The molecule has 2 heterocycles. The fraction of sp³-hybridized carbons (Fsp3) is 0.379. The van der Waals surface area contributed by atoms with Gasteiger partial charge in [-0.15, -0.1) is 0 Å². The number of fused-ring (bicyclic) bond motifs is 1. The lowest BCUT2D eigenvalue weighted by atomic mass is 9.95. The molecule has 0 bridgehead atoms. The van der Waals surface area contributed by atoms with E-state index in [1.165, 1.54) is 5.56 Å². The zero-order valence-corrected chi connectivity index (χ0v) is 21.1. The third-order valence-electron chi connectivity index (χ3n) is 6.80. The zero-order chi connectivity index (χ0) is 25.1. The number of amides is 1. The highest BCUT2D eigenvalue weighted by Crippen LogP contribution is 2.40. The van der Waals surface area contributed by atoms with Gasteiger partial charge in [-0.2, -0.15) is 0 Å². The smallest absolute Gasteiger partial charge is 0.309 e. The molecule has 0 atom stereocenters. The molecule has 184 valence electrons. The van der Waals surface area contributed by atoms with Gasteiger partial charge in [0.1, 0.15) is 11.3 Å². The fourth-order valence-corrected chi connectivity index (χ4v) is 4.78. The van der Waals surface area contributed by atoms with Crippen LogP contribution in [0.3, 0.4) is 0 Å². The summed E-state index contributed by atoms with van der Waals surface area (Å²) in [5.74, 6) is 0.347. The molecule has 1 saturated heterocycles. The summed E-state index contributed by atoms with van der Waals surface area (Å²) in [6, 6.07) is 10.4. The van der Waals surface area contributed by atoms with E-state index in [-0.39, 0.29) is 17.8 Å². The second-order valence-corrected chi connectivity index (χ2v) is 9.15. The standard InChI is InChI=1S/C29H33NO5/c1-6-34-29(32)22-11-13-30(14-12-22)26(31)15-19(3)23-16-24-25(21-9-7-18(2)8-10-21)17-35-28(24)20(4)27(23)33-5/h7-10,15-17,22H,6,11-14H2,1-5H3/b19-15+. The molecule has 35 heavy (non-hydrogen) atoms. The molecule has 1 fully saturated rings. The topological polar surface area (TPSA) is 69.0 Å². The van der Waals surface area contributed by atoms with Crippen LogP contribution < -0.4 is 4.74 Å². The van der Waals surface area contributed by atoms with Crippen LogP contribution >= 0.6 is 0 Å². The van der Waals surface area contributed by atoms with Crippen LogP contribution in [0.15, 0.2) is 47.1 Å². The summed E-state index contributed by atoms with van der Waals surface area (Å²) in [5, 5.41) is 0.984. The largest absolute Gasteiger partial charge is 0.496 e. The molecule has 3 aromatic rings. The molecular weight excluding hydrogens is 442 g/mol. The highest BCUT2D eigenvalue weighted by Gasteiger charge is 2.28. The van der Waals surface area contributed by atoms with Gasteiger partial charge in [-0.3, -0.25) is 9.59 Å². The number of aryl methyl sites for hydroxylation is 2. The van der Waals surface area contributed by atoms with Gasteiger partial charge in [0, 0.05) is 41.2 Å². The van der Waals surface area contributed by atoms with Gasteiger partial charge >= 0.3 is 5.97 Å². The average molecular weight is 476 g/mol. The summed E-state index contributed by atoms with van der Waals surface area (Å²) >= 11 is 0. The van der Waals surface area contributed by atoms with Crippen molar-refractivity contribution in [2.45, 2.75) is 40.5 Å². The molecule has 1 aromatic heterocycles. The lowest BCUT2D eigenvalue weighted by Crippen LogP contribution is -2.40. The number of ether oxygens (including phenoxy) is 2. The first-order valence-electron chi connectivity index (χ1n) is 12.1. The molecule has 0 aliphatic carbocycles. The lowest BCUT2D eigenvalue weighted by molar-refractivity contribution is -0.150. The van der Waals surface area contributed by atoms with E-state index >= 15 is 0 Å². The number of allylic oxidation sites excluding steroid dienone is 1. The number of nitrogens with zero attached hydrogens (tertiary/aromatic N) is 1. The monoisotopic (exact) mass is 475 g/mol. The van der Waals surface area contributed by atoms with Crippen molar-refractivity contribution in [1.29, 1.82) is 0 Å². The maximum Gasteiger partial charge on any atom is 0.309 e. The zero-order valence-electron chi connectivity index (χ0n) is 21.1. The van der Waals surface area contributed by atoms with Gasteiger partial charge in [-0.25, -0.2) is 0 Å². The average Bonchev–Trinajstić information content (AvgIpc) is 3.29. The number of carbonyl (C=O) groups is 2. The van der Waals surface area contributed by atoms with E-state index in [0.29, 0.717) is 38.3 Å². The predicted octanol–water partition coefficient (Wildman–Crippen LogP) is 5.93. The number of esters is 1. The Morgan fingerprint density at radius 2 is 1.83 bits per heavy atom. The second kappa shape index (κ2) is 10.4. The number of methoxy groups -OCH3 is 1. The summed E-state index contributed by atoms with van der Waals surface area (Å²) in [6.07, 6.45) is 4.70. The van der Waals surface area contributed by atoms with Crippen LogP contribution in [-0.4, -0.2) is 43.6 Å². The Labute approximate surface area is 206 Å². The molecule has 4 rings (SSSR count). The van der Waals surface area contributed by atoms with E-state index in [2.05, 4.69) is 31.2 Å². The molecular formula is C29H33NO5. The van der Waals surface area contributed by atoms with Crippen LogP contribution in [-0.2, 0) is 14.3 Å². The molecule has 0 radical (unpaired) electrons. The van der Waals surface area contributed by atoms with Crippen molar-refractivity contribution >= 4 is 28.4 Å². The predicted molar refractivity (Wildman–Crippen MR) is 137 cm³/mol. The SMILES string of the molecule is CCOC(=O)C1CCN(C(=O)/C=C(\C)c2cc3c(-c4ccc(C)cc4)coc3c(C)c2OC)CC1. The Hall–Kier alpha value is -3.54. The summed E-state index contributed by atoms with van der Waals surface area (Å²) in [6.45, 7) is 9.25. The molecule has 0 saturated carbocycles. The molecule has 1 aliphatic heterocycles. The fourth-order valence-electron chi connectivity index (χ4n) is 4.78. The number of benzene rings is 2. The first kappa shape index (κ1) is 24.6. The van der Waals surface area contributed by atoms with Gasteiger partial charge in [-0.1, -0.05) is 29.8 Å². The van der Waals surface area contributed by atoms with Crippen molar-refractivity contribution < 1.29 is 23.5 Å². The summed E-state index contributed by atoms with van der Waals surface area (Å²) < 4.78 is 16.8. The minimum absolute atomic E-state index is 0.0597. The van der Waals surface area contributed by atoms with Gasteiger partial charge < -0.3 is 18.8 Å². The maximum atomic E-state index is 13.1. The maximum absolute atomic E-state index is 13.1. The Kier molecular flexibility index (Phi) is 7.29. The van der Waals surface area contributed by atoms with Gasteiger partial charge in [-0.05, 0) is 57.7 Å². The van der Waals surface area contributed by atoms with Crippen molar-refractivity contribution in [3.05, 3.63) is 59.4 Å². The minimum atomic E-state index is -0.163. The van der Waals surface area contributed by atoms with Crippen molar-refractivity contribution in [1.82, 2.24) is 4.90 Å². The number of piperidine rings is 1. The van der Waals surface area contributed by atoms with E-state index in [1.807, 2.05) is 26.8 Å². The number of hydrogen-bond acceptors (Lipinski definition) is 5. The quantitative estimate of drug-likeness (QED) is 0.326. The third kappa shape index (κ3) is 4.97. The van der Waals surface area contributed by atoms with Crippen molar-refractivity contribution in [3.8, 4) is 16.9 Å². The molecule has 6 heteroatoms. The molecule has 0 unspecified atom stereocenters. The molecule has 6 nitrogen and oxygen atoms in total. The Morgan fingerprint density at radius 3 is 2.46 bits per heavy atom. The van der Waals surface area contributed by atoms with Crippen molar-refractivity contribution in [2.24, 2.45) is 5.92 Å². The first-order valence-corrected chi connectivity index (χ1v) is 12.1. The lowest BCUT2D eigenvalue weighted by Gasteiger charge is -2.30. The second-order valence-electron chi connectivity index (χ2n) is 9.15. The van der Waals surface area contributed by atoms with Crippen LogP contribution in [0.2, 0.25) is 0 Å². The van der Waals surface area contributed by atoms with E-state index < -0.39 is 0 Å². The summed E-state index contributed by atoms with van der Waals surface area (Å²) in [4.78, 5) is 26.9. The number of rotatable bonds is 6. The normalized spacial score (nSPS) is 14.9. The number of hydrogen-bond donors (Lipinski definition) is 0. The molecule has 2 aromatic carbocycles. The van der Waals surface area contributed by atoms with E-state index in [4.69, 9.17) is 13.9 Å². The van der Waals surface area contributed by atoms with Crippen molar-refractivity contribution in [2.75, 3.05) is 26.8 Å². The van der Waals surface area contributed by atoms with Gasteiger partial charge in [0.2, 0.25) is 5.91 Å². The van der Waals surface area contributed by atoms with E-state index in [0.717, 1.165) is 38.8 Å². The van der Waals surface area contributed by atoms with E-state index in [9.17, 15) is 9.59 Å². The number of likely N-dealkylation sites (tertiary alicyclic amines) is 1. The van der Waals surface area contributed by atoms with Crippen LogP contribution in [0.4, 0.5) is 0 Å². The minimum Gasteiger partial charge on any atom is -0.496 e. The van der Waals surface area contributed by atoms with Crippen LogP contribution in [0.1, 0.15) is 43.4 Å².